The highest BCUT2D eigenvalue weighted by atomic mass is 32.2. The third-order valence-corrected chi connectivity index (χ3v) is 6.00. The summed E-state index contributed by atoms with van der Waals surface area (Å²) in [5.74, 6) is 0. The van der Waals surface area contributed by atoms with Crippen molar-refractivity contribution in [3.05, 3.63) is 63.3 Å². The van der Waals surface area contributed by atoms with E-state index in [1.165, 1.54) is 24.2 Å². The number of rotatable bonds is 5. The second kappa shape index (κ2) is 8.06. The second-order valence-corrected chi connectivity index (χ2v) is 10.2. The summed E-state index contributed by atoms with van der Waals surface area (Å²) in [7, 11) is 1.44. The number of hydrogen-bond donors (Lipinski definition) is 0. The van der Waals surface area contributed by atoms with Crippen molar-refractivity contribution in [2.45, 2.75) is 38.9 Å². The molecule has 0 saturated carbocycles. The van der Waals surface area contributed by atoms with Gasteiger partial charge in [-0.1, -0.05) is 32.9 Å². The Hall–Kier alpha value is -3.18. The summed E-state index contributed by atoms with van der Waals surface area (Å²) in [5.41, 5.74) is 0.859. The van der Waals surface area contributed by atoms with E-state index in [0.29, 0.717) is 18.1 Å². The van der Waals surface area contributed by atoms with Gasteiger partial charge in [0.05, 0.1) is 12.2 Å². The van der Waals surface area contributed by atoms with E-state index in [0.717, 1.165) is 15.8 Å². The first-order valence-corrected chi connectivity index (χ1v) is 11.6. The molecule has 0 saturated heterocycles. The van der Waals surface area contributed by atoms with Crippen molar-refractivity contribution in [1.82, 2.24) is 33.7 Å². The zero-order valence-corrected chi connectivity index (χ0v) is 19.5. The van der Waals surface area contributed by atoms with Crippen LogP contribution in [0.5, 0.6) is 0 Å². The van der Waals surface area contributed by atoms with Crippen LogP contribution in [0.2, 0.25) is 0 Å². The van der Waals surface area contributed by atoms with Gasteiger partial charge >= 0.3 is 5.69 Å². The van der Waals surface area contributed by atoms with Crippen molar-refractivity contribution in [3.63, 3.8) is 0 Å². The van der Waals surface area contributed by atoms with E-state index in [1.54, 1.807) is 15.7 Å². The Labute approximate surface area is 187 Å². The van der Waals surface area contributed by atoms with Crippen LogP contribution in [0.3, 0.4) is 0 Å². The van der Waals surface area contributed by atoms with Gasteiger partial charge in [-0.3, -0.25) is 13.9 Å². The highest BCUT2D eigenvalue weighted by Gasteiger charge is 2.28. The van der Waals surface area contributed by atoms with Gasteiger partial charge in [0.1, 0.15) is 18.9 Å². The maximum Gasteiger partial charge on any atom is 0.332 e. The monoisotopic (exact) mass is 455 g/mol. The lowest BCUT2D eigenvalue weighted by Gasteiger charge is -2.20. The lowest BCUT2D eigenvalue weighted by atomic mass is 9.97. The predicted molar refractivity (Wildman–Crippen MR) is 121 cm³/mol. The van der Waals surface area contributed by atoms with Crippen molar-refractivity contribution < 1.29 is 4.55 Å². The number of fused-ring (bicyclic) bond motifs is 1. The minimum atomic E-state index is -1.49. The van der Waals surface area contributed by atoms with Gasteiger partial charge in [0, 0.05) is 24.8 Å². The maximum atomic E-state index is 13.0. The van der Waals surface area contributed by atoms with Crippen LogP contribution in [0.15, 0.2) is 51.5 Å². The normalized spacial score (nSPS) is 13.1. The second-order valence-electron chi connectivity index (χ2n) is 8.92. The molecule has 1 atom stereocenters. The molecule has 0 spiro atoms. The van der Waals surface area contributed by atoms with E-state index < -0.39 is 22.4 Å². The molecule has 0 aliphatic rings. The fourth-order valence-corrected chi connectivity index (χ4v) is 4.49. The van der Waals surface area contributed by atoms with E-state index in [4.69, 9.17) is 0 Å². The summed E-state index contributed by atoms with van der Waals surface area (Å²) in [6, 6.07) is 7.60. The van der Waals surface area contributed by atoms with Crippen LogP contribution in [-0.4, -0.2) is 44.5 Å². The van der Waals surface area contributed by atoms with Gasteiger partial charge in [0.2, 0.25) is 0 Å². The third-order valence-electron chi connectivity index (χ3n) is 5.04. The fourth-order valence-electron chi connectivity index (χ4n) is 3.62. The number of aromatic nitrogens is 7. The summed E-state index contributed by atoms with van der Waals surface area (Å²) in [4.78, 5) is 29.8. The summed E-state index contributed by atoms with van der Waals surface area (Å²) in [6.45, 7) is 6.68. The van der Waals surface area contributed by atoms with Crippen molar-refractivity contribution in [2.75, 3.05) is 6.26 Å². The Morgan fingerprint density at radius 2 is 1.81 bits per heavy atom. The smallest absolute Gasteiger partial charge is 0.332 e. The highest BCUT2D eigenvalue weighted by Crippen LogP contribution is 2.23. The van der Waals surface area contributed by atoms with E-state index in [-0.39, 0.29) is 16.4 Å². The molecule has 0 aliphatic carbocycles. The minimum absolute atomic E-state index is 0.219. The Balaban J connectivity index is 1.85. The lowest BCUT2D eigenvalue weighted by molar-refractivity contribution is 0.337. The van der Waals surface area contributed by atoms with Crippen LogP contribution in [0.25, 0.3) is 16.7 Å². The van der Waals surface area contributed by atoms with Gasteiger partial charge < -0.3 is 4.55 Å². The van der Waals surface area contributed by atoms with Gasteiger partial charge in [-0.2, -0.15) is 5.10 Å². The van der Waals surface area contributed by atoms with E-state index in [2.05, 4.69) is 15.2 Å². The number of hydrogen-bond acceptors (Lipinski definition) is 6. The summed E-state index contributed by atoms with van der Waals surface area (Å²) < 4.78 is 18.4. The van der Waals surface area contributed by atoms with E-state index >= 15 is 0 Å². The molecule has 0 bridgehead atoms. The minimum Gasteiger partial charge on any atom is -0.610 e. The molecule has 0 radical (unpaired) electrons. The average molecular weight is 456 g/mol. The molecule has 168 valence electrons. The van der Waals surface area contributed by atoms with Crippen LogP contribution in [0, 0.1) is 5.41 Å². The molecule has 1 aromatic carbocycles. The molecule has 11 heteroatoms. The van der Waals surface area contributed by atoms with Crippen molar-refractivity contribution in [3.8, 4) is 5.69 Å². The standard InChI is InChI=1S/C21H25N7O3S/c1-21(2,3)11-26-17-16(18(29)25(4)20(26)30)19(32(5)31)27(24-17)10-14-6-8-15(9-7-14)28-13-22-12-23-28/h6-9,12-13H,10-11H2,1-5H3. The SMILES string of the molecule is Cn1c(=O)c2c([S+](C)[O-])n(Cc3ccc(-n4cncn4)cc3)nc2n(CC(C)(C)C)c1=O. The molecule has 1 unspecified atom stereocenters. The molecule has 0 aliphatic heterocycles. The summed E-state index contributed by atoms with van der Waals surface area (Å²) >= 11 is -1.49. The number of benzene rings is 1. The number of nitrogens with zero attached hydrogens (tertiary/aromatic N) is 7. The van der Waals surface area contributed by atoms with Gasteiger partial charge in [-0.15, -0.1) is 5.10 Å². The molecule has 10 nitrogen and oxygen atoms in total. The fraction of sp³-hybridized carbons (Fsp3) is 0.381. The summed E-state index contributed by atoms with van der Waals surface area (Å²) in [6.07, 6.45) is 4.58. The first-order chi connectivity index (χ1) is 15.1. The molecule has 0 N–H and O–H groups in total. The molecule has 4 aromatic rings. The third kappa shape index (κ3) is 4.00. The molecular weight excluding hydrogens is 430 g/mol. The molecule has 32 heavy (non-hydrogen) atoms. The maximum absolute atomic E-state index is 13.0. The molecule has 0 amide bonds. The Kier molecular flexibility index (Phi) is 5.55. The van der Waals surface area contributed by atoms with Crippen molar-refractivity contribution in [2.24, 2.45) is 12.5 Å². The molecular formula is C21H25N7O3S. The van der Waals surface area contributed by atoms with Gasteiger partial charge in [-0.05, 0) is 23.1 Å². The lowest BCUT2D eigenvalue weighted by Crippen LogP contribution is -2.40. The van der Waals surface area contributed by atoms with Crippen LogP contribution in [0.4, 0.5) is 0 Å². The first kappa shape index (κ1) is 22.0. The van der Waals surface area contributed by atoms with Crippen LogP contribution in [0.1, 0.15) is 26.3 Å². The molecule has 3 aromatic heterocycles. The predicted octanol–water partition coefficient (Wildman–Crippen LogP) is 1.31. The van der Waals surface area contributed by atoms with E-state index in [1.807, 2.05) is 45.0 Å². The molecule has 3 heterocycles. The summed E-state index contributed by atoms with van der Waals surface area (Å²) in [5, 5.41) is 9.23. The Morgan fingerprint density at radius 1 is 1.12 bits per heavy atom. The van der Waals surface area contributed by atoms with Crippen molar-refractivity contribution >= 4 is 22.2 Å². The molecule has 4 rings (SSSR count). The zero-order chi connectivity index (χ0) is 23.2. The topological polar surface area (TPSA) is 116 Å². The Bertz CT molecular complexity index is 1370. The highest BCUT2D eigenvalue weighted by molar-refractivity contribution is 7.90. The van der Waals surface area contributed by atoms with Crippen LogP contribution >= 0.6 is 0 Å². The first-order valence-electron chi connectivity index (χ1n) is 10.0. The van der Waals surface area contributed by atoms with Gasteiger partial charge in [-0.25, -0.2) is 19.1 Å². The van der Waals surface area contributed by atoms with Crippen LogP contribution < -0.4 is 11.2 Å². The zero-order valence-electron chi connectivity index (χ0n) is 18.6. The quantitative estimate of drug-likeness (QED) is 0.419. The average Bonchev–Trinajstić information content (AvgIpc) is 3.38. The van der Waals surface area contributed by atoms with Gasteiger partial charge in [0.25, 0.3) is 10.6 Å². The largest absolute Gasteiger partial charge is 0.610 e. The Morgan fingerprint density at radius 3 is 2.38 bits per heavy atom. The van der Waals surface area contributed by atoms with E-state index in [9.17, 15) is 14.1 Å². The van der Waals surface area contributed by atoms with Crippen molar-refractivity contribution in [1.29, 1.82) is 0 Å². The molecule has 0 fully saturated rings. The van der Waals surface area contributed by atoms with Gasteiger partial charge in [0.15, 0.2) is 11.0 Å². The van der Waals surface area contributed by atoms with Crippen LogP contribution in [-0.2, 0) is 31.3 Å².